The van der Waals surface area contributed by atoms with Crippen molar-refractivity contribution in [2.45, 2.75) is 55.4 Å². The minimum absolute atomic E-state index is 0. The van der Waals surface area contributed by atoms with Crippen LogP contribution >= 0.6 is 22.8 Å². The first-order valence-electron chi connectivity index (χ1n) is 10.9. The van der Waals surface area contributed by atoms with E-state index < -0.39 is 63.1 Å². The molecule has 0 fully saturated rings. The van der Waals surface area contributed by atoms with Gasteiger partial charge in [0, 0.05) is 0 Å². The molecule has 0 bridgehead atoms. The van der Waals surface area contributed by atoms with Gasteiger partial charge in [0.25, 0.3) is 0 Å². The van der Waals surface area contributed by atoms with Crippen LogP contribution in [0.4, 0.5) is 0 Å². The Kier molecular flexibility index (Phi) is 50.9. The number of hydrogen-bond donors (Lipinski definition) is 0. The second-order valence-electron chi connectivity index (χ2n) is 5.95. The molecule has 0 rings (SSSR count). The summed E-state index contributed by atoms with van der Waals surface area (Å²) in [6.45, 7) is 14.8. The molecule has 0 spiro atoms. The third-order valence-electron chi connectivity index (χ3n) is 3.93. The van der Waals surface area contributed by atoms with E-state index in [4.69, 9.17) is 0 Å². The van der Waals surface area contributed by atoms with Crippen LogP contribution < -0.4 is 39.1 Å². The minimum Gasteiger partial charge on any atom is -0.854 e. The van der Waals surface area contributed by atoms with Crippen molar-refractivity contribution in [1.82, 2.24) is 0 Å². The second-order valence-corrected chi connectivity index (χ2v) is 38.4. The first kappa shape index (κ1) is 60.6. The van der Waals surface area contributed by atoms with Crippen LogP contribution in [0.5, 0.6) is 0 Å². The molecule has 0 aliphatic rings. The van der Waals surface area contributed by atoms with Gasteiger partial charge in [-0.2, -0.15) is 0 Å². The minimum atomic E-state index is -3.41. The molecule has 0 heterocycles. The summed E-state index contributed by atoms with van der Waals surface area (Å²) in [5, 5.41) is 0. The molecule has 0 aliphatic carbocycles. The van der Waals surface area contributed by atoms with Crippen molar-refractivity contribution < 1.29 is 102 Å². The zero-order valence-corrected chi connectivity index (χ0v) is 39.3. The van der Waals surface area contributed by atoms with Crippen LogP contribution in [0, 0.1) is 0 Å². The quantitative estimate of drug-likeness (QED) is 0.154. The van der Waals surface area contributed by atoms with E-state index in [2.05, 4.69) is 49.0 Å². The average Bonchev–Trinajstić information content (AvgIpc) is 2.69. The van der Waals surface area contributed by atoms with E-state index in [-0.39, 0.29) is 63.2 Å². The Balaban J connectivity index is -0.0000000683. The van der Waals surface area contributed by atoms with Crippen molar-refractivity contribution in [2.75, 3.05) is 46.0 Å². The first-order chi connectivity index (χ1) is 16.1. The summed E-state index contributed by atoms with van der Waals surface area (Å²) >= 11 is 17.3. The van der Waals surface area contributed by atoms with Crippen LogP contribution in [0.3, 0.4) is 0 Å². The molecule has 0 amide bonds. The fourth-order valence-corrected chi connectivity index (χ4v) is 21.4. The maximum atomic E-state index is 10.6. The molecule has 0 saturated heterocycles. The summed E-state index contributed by atoms with van der Waals surface area (Å²) in [4.78, 5) is 85.2. The first-order valence-corrected chi connectivity index (χ1v) is 30.1. The monoisotopic (exact) mass is 1030 g/mol. The normalized spacial score (nSPS) is 11.7. The van der Waals surface area contributed by atoms with Crippen molar-refractivity contribution in [3.63, 3.8) is 0 Å². The van der Waals surface area contributed by atoms with E-state index >= 15 is 0 Å². The zero-order valence-electron chi connectivity index (χ0n) is 23.2. The second kappa shape index (κ2) is 32.8. The molecule has 0 aliphatic heterocycles. The predicted octanol–water partition coefficient (Wildman–Crippen LogP) is -1.65. The molecule has 0 aromatic rings. The Morgan fingerprint density at radius 2 is 0.410 bits per heavy atom. The molecule has 8 nitrogen and oxygen atoms in total. The van der Waals surface area contributed by atoms with Gasteiger partial charge >= 0.3 is 63.2 Å². The van der Waals surface area contributed by atoms with Crippen LogP contribution in [-0.4, -0.2) is 46.0 Å². The fourth-order valence-electron chi connectivity index (χ4n) is 2.08. The van der Waals surface area contributed by atoms with Gasteiger partial charge in [-0.1, -0.05) is 55.4 Å². The van der Waals surface area contributed by atoms with E-state index in [1.54, 1.807) is 0 Å². The predicted molar refractivity (Wildman–Crippen MR) is 171 cm³/mol. The van der Waals surface area contributed by atoms with E-state index in [0.29, 0.717) is 46.0 Å². The van der Waals surface area contributed by atoms with Gasteiger partial charge in [0.2, 0.25) is 0 Å². The Labute approximate surface area is 311 Å². The van der Waals surface area contributed by atoms with E-state index in [1.165, 1.54) is 0 Å². The van der Waals surface area contributed by atoms with E-state index in [1.807, 2.05) is 55.4 Å². The maximum Gasteiger partial charge on any atom is 4.00 e. The summed E-state index contributed by atoms with van der Waals surface area (Å²) in [7, 11) is -2.16. The van der Waals surface area contributed by atoms with E-state index in [0.717, 1.165) is 0 Å². The molecule has 0 N–H and O–H groups in total. The smallest absolute Gasteiger partial charge is 0.854 e. The van der Waals surface area contributed by atoms with Gasteiger partial charge < -0.3 is 111 Å². The Bertz CT molecular complexity index is 652. The van der Waals surface area contributed by atoms with Gasteiger partial charge in [-0.05, 0) is 46.0 Å². The molecule has 0 unspecified atom stereocenters. The Morgan fingerprint density at radius 1 is 0.333 bits per heavy atom. The van der Waals surface area contributed by atoms with Crippen LogP contribution in [0.25, 0.3) is 0 Å². The van der Waals surface area contributed by atoms with Gasteiger partial charge in [0.1, 0.15) is 0 Å². The molecule has 0 radical (unpaired) electrons. The molecule has 0 atom stereocenters. The van der Waals surface area contributed by atoms with Gasteiger partial charge in [-0.15, -0.1) is 0 Å². The Hall–Kier alpha value is 6.26. The molecule has 0 saturated carbocycles. The molecule has 238 valence electrons. The molecule has 0 aromatic carbocycles. The standard InChI is InChI=1S/4C4H10O2PS2.3Mo/c4*1-3-9(4-2)7(5,6)8;;;/h4*3-4H2,1-2H3;;;/q4*-3;3*+4. The molecular formula is C16H40Mo3O8P4S8. The van der Waals surface area contributed by atoms with Crippen LogP contribution in [0.1, 0.15) is 55.4 Å². The SMILES string of the molecule is CCS(CC)=P([O-])([O-])[S-].CCS(CC)=P([O-])([O-])[S-].CCS(CC)=P([O-])([O-])[S-].CCS(CC)=P([O-])([O-])[S-].[Mo+4].[Mo+4].[Mo+4]. The fraction of sp³-hybridized carbons (Fsp3) is 1.00. The van der Waals surface area contributed by atoms with Gasteiger partial charge in [-0.25, -0.2) is 40.3 Å². The molecule has 0 aromatic heterocycles. The maximum absolute atomic E-state index is 10.6. The van der Waals surface area contributed by atoms with Crippen molar-refractivity contribution in [3.8, 4) is 0 Å². The van der Waals surface area contributed by atoms with Gasteiger partial charge in [0.15, 0.2) is 0 Å². The third kappa shape index (κ3) is 36.9. The average molecular weight is 1030 g/mol. The molecular weight excluding hydrogens is 988 g/mol. The van der Waals surface area contributed by atoms with Gasteiger partial charge in [-0.3, -0.25) is 0 Å². The molecule has 39 heavy (non-hydrogen) atoms. The van der Waals surface area contributed by atoms with Crippen LogP contribution in [0.2, 0.25) is 0 Å². The number of rotatable bonds is 8. The summed E-state index contributed by atoms with van der Waals surface area (Å²) < 4.78 is 0. The summed E-state index contributed by atoms with van der Waals surface area (Å²) in [5.74, 6) is 5.34. The zero-order chi connectivity index (χ0) is 30.0. The summed E-state index contributed by atoms with van der Waals surface area (Å²) in [6, 6.07) is 0. The van der Waals surface area contributed by atoms with Crippen LogP contribution in [-0.2, 0) is 152 Å². The van der Waals surface area contributed by atoms with Crippen LogP contribution in [0.15, 0.2) is 0 Å². The van der Waals surface area contributed by atoms with Crippen molar-refractivity contribution in [2.24, 2.45) is 0 Å². The summed E-state index contributed by atoms with van der Waals surface area (Å²) in [5.41, 5.74) is -13.7. The summed E-state index contributed by atoms with van der Waals surface area (Å²) in [6.07, 6.45) is 0. The third-order valence-corrected chi connectivity index (χ3v) is 33.2. The number of hydrogen-bond acceptors (Lipinski definition) is 12. The Morgan fingerprint density at radius 3 is 0.410 bits per heavy atom. The van der Waals surface area contributed by atoms with E-state index in [9.17, 15) is 39.1 Å². The topological polar surface area (TPSA) is 184 Å². The molecule has 23 heteroatoms. The van der Waals surface area contributed by atoms with Crippen molar-refractivity contribution >= 4 is 112 Å². The largest absolute Gasteiger partial charge is 4.00 e. The van der Waals surface area contributed by atoms with Crippen molar-refractivity contribution in [3.05, 3.63) is 0 Å². The van der Waals surface area contributed by atoms with Crippen molar-refractivity contribution in [1.29, 1.82) is 0 Å². The van der Waals surface area contributed by atoms with Gasteiger partial charge in [0.05, 0.1) is 0 Å².